The van der Waals surface area contributed by atoms with Crippen molar-refractivity contribution < 1.29 is 13.2 Å². The average molecular weight is 525 g/mol. The van der Waals surface area contributed by atoms with Crippen molar-refractivity contribution in [2.24, 2.45) is 5.92 Å². The molecule has 1 saturated heterocycles. The standard InChI is InChI=1S/C27H27F3N6S/c28-27(29,30)12-22-11-23-25(32-16-33-26(23)37-22)34-20-5-7-35(8-6-20)14-18-3-4-24-19(9-18)10-21(13-31)36(24)15-17-1-2-17/h3-4,9-11,16-17,20H,1-2,5-8,12,14-15H2,(H,32,33,34). The van der Waals surface area contributed by atoms with Gasteiger partial charge in [0.1, 0.15) is 28.7 Å². The van der Waals surface area contributed by atoms with Crippen LogP contribution in [-0.2, 0) is 19.5 Å². The number of aromatic nitrogens is 3. The summed E-state index contributed by atoms with van der Waals surface area (Å²) in [6.45, 7) is 3.61. The van der Waals surface area contributed by atoms with Gasteiger partial charge in [-0.15, -0.1) is 11.3 Å². The largest absolute Gasteiger partial charge is 0.393 e. The van der Waals surface area contributed by atoms with Crippen LogP contribution < -0.4 is 5.32 Å². The van der Waals surface area contributed by atoms with Crippen LogP contribution in [0.1, 0.15) is 41.8 Å². The molecule has 6 nitrogen and oxygen atoms in total. The van der Waals surface area contributed by atoms with E-state index in [1.165, 1.54) is 24.7 Å². The van der Waals surface area contributed by atoms with Crippen LogP contribution in [0, 0.1) is 17.2 Å². The van der Waals surface area contributed by atoms with Gasteiger partial charge in [0.05, 0.1) is 11.8 Å². The van der Waals surface area contributed by atoms with Crippen LogP contribution in [0.4, 0.5) is 19.0 Å². The minimum atomic E-state index is -4.24. The lowest BCUT2D eigenvalue weighted by Gasteiger charge is -2.32. The van der Waals surface area contributed by atoms with E-state index in [-0.39, 0.29) is 10.9 Å². The second-order valence-corrected chi connectivity index (χ2v) is 11.3. The maximum Gasteiger partial charge on any atom is 0.393 e. The van der Waals surface area contributed by atoms with Gasteiger partial charge in [0.15, 0.2) is 0 Å². The molecule has 1 aliphatic carbocycles. The number of rotatable bonds is 7. The van der Waals surface area contributed by atoms with E-state index in [0.717, 1.165) is 67.0 Å². The molecule has 0 atom stereocenters. The van der Waals surface area contributed by atoms with Crippen molar-refractivity contribution >= 4 is 38.3 Å². The first kappa shape index (κ1) is 24.2. The number of hydrogen-bond donors (Lipinski definition) is 1. The van der Waals surface area contributed by atoms with E-state index in [1.54, 1.807) is 6.07 Å². The minimum Gasteiger partial charge on any atom is -0.367 e. The molecule has 4 heterocycles. The fourth-order valence-electron chi connectivity index (χ4n) is 5.26. The number of nitrogens with one attached hydrogen (secondary N) is 1. The van der Waals surface area contributed by atoms with Crippen LogP contribution in [0.25, 0.3) is 21.1 Å². The molecule has 192 valence electrons. The number of halogens is 3. The molecule has 0 spiro atoms. The van der Waals surface area contributed by atoms with Crippen LogP contribution >= 0.6 is 11.3 Å². The van der Waals surface area contributed by atoms with Crippen molar-refractivity contribution in [3.8, 4) is 6.07 Å². The first-order valence-electron chi connectivity index (χ1n) is 12.7. The molecule has 0 bridgehead atoms. The third-order valence-corrected chi connectivity index (χ3v) is 8.35. The molecular weight excluding hydrogens is 497 g/mol. The van der Waals surface area contributed by atoms with Gasteiger partial charge in [0.2, 0.25) is 0 Å². The van der Waals surface area contributed by atoms with Crippen molar-refractivity contribution in [2.45, 2.75) is 57.4 Å². The molecule has 6 rings (SSSR count). The van der Waals surface area contributed by atoms with E-state index in [4.69, 9.17) is 0 Å². The van der Waals surface area contributed by atoms with Gasteiger partial charge < -0.3 is 9.88 Å². The van der Waals surface area contributed by atoms with E-state index < -0.39 is 12.6 Å². The number of fused-ring (bicyclic) bond motifs is 2. The zero-order valence-corrected chi connectivity index (χ0v) is 21.1. The van der Waals surface area contributed by atoms with Crippen LogP contribution in [0.2, 0.25) is 0 Å². The molecule has 1 saturated carbocycles. The molecule has 4 aromatic rings. The van der Waals surface area contributed by atoms with Crippen LogP contribution in [0.15, 0.2) is 36.7 Å². The normalized spacial score (nSPS) is 17.5. The number of benzene rings is 1. The number of nitriles is 1. The Morgan fingerprint density at radius 2 is 1.89 bits per heavy atom. The number of thiophene rings is 1. The van der Waals surface area contributed by atoms with E-state index in [1.807, 2.05) is 6.07 Å². The van der Waals surface area contributed by atoms with Gasteiger partial charge >= 0.3 is 6.18 Å². The van der Waals surface area contributed by atoms with E-state index in [9.17, 15) is 18.4 Å². The highest BCUT2D eigenvalue weighted by Crippen LogP contribution is 2.34. The summed E-state index contributed by atoms with van der Waals surface area (Å²) < 4.78 is 40.7. The Bertz CT molecular complexity index is 1470. The molecule has 0 radical (unpaired) electrons. The van der Waals surface area contributed by atoms with Crippen molar-refractivity contribution in [2.75, 3.05) is 18.4 Å². The lowest BCUT2D eigenvalue weighted by Crippen LogP contribution is -2.38. The molecule has 0 unspecified atom stereocenters. The second-order valence-electron chi connectivity index (χ2n) is 10.2. The number of alkyl halides is 3. The molecule has 10 heteroatoms. The van der Waals surface area contributed by atoms with E-state index >= 15 is 0 Å². The number of anilines is 1. The lowest BCUT2D eigenvalue weighted by molar-refractivity contribution is -0.126. The number of nitrogens with zero attached hydrogens (tertiary/aromatic N) is 5. The Morgan fingerprint density at radius 3 is 2.62 bits per heavy atom. The zero-order chi connectivity index (χ0) is 25.6. The molecule has 1 aromatic carbocycles. The Balaban J connectivity index is 1.09. The average Bonchev–Trinajstić information content (AvgIpc) is 3.48. The Morgan fingerprint density at radius 1 is 1.08 bits per heavy atom. The van der Waals surface area contributed by atoms with E-state index in [2.05, 4.69) is 49.0 Å². The van der Waals surface area contributed by atoms with Gasteiger partial charge in [0, 0.05) is 48.0 Å². The second kappa shape index (κ2) is 9.62. The first-order valence-corrected chi connectivity index (χ1v) is 13.5. The SMILES string of the molecule is N#Cc1cc2cc(CN3CCC(Nc4ncnc5sc(CC(F)(F)F)cc45)CC3)ccc2n1CC1CC1. The van der Waals surface area contributed by atoms with Crippen LogP contribution in [0.3, 0.4) is 0 Å². The Hall–Kier alpha value is -3.16. The predicted octanol–water partition coefficient (Wildman–Crippen LogP) is 6.11. The fraction of sp³-hybridized carbons (Fsp3) is 0.444. The van der Waals surface area contributed by atoms with Crippen molar-refractivity contribution in [3.63, 3.8) is 0 Å². The topological polar surface area (TPSA) is 69.8 Å². The van der Waals surface area contributed by atoms with Crippen molar-refractivity contribution in [3.05, 3.63) is 52.8 Å². The molecule has 2 fully saturated rings. The first-order chi connectivity index (χ1) is 17.8. The summed E-state index contributed by atoms with van der Waals surface area (Å²) in [5.41, 5.74) is 3.11. The zero-order valence-electron chi connectivity index (χ0n) is 20.3. The van der Waals surface area contributed by atoms with Crippen LogP contribution in [-0.4, -0.2) is 44.7 Å². The maximum atomic E-state index is 12.8. The molecule has 1 N–H and O–H groups in total. The lowest BCUT2D eigenvalue weighted by atomic mass is 10.0. The summed E-state index contributed by atoms with van der Waals surface area (Å²) in [6, 6.07) is 12.7. The Labute approximate surface area is 216 Å². The predicted molar refractivity (Wildman–Crippen MR) is 138 cm³/mol. The van der Waals surface area contributed by atoms with Crippen molar-refractivity contribution in [1.29, 1.82) is 5.26 Å². The minimum absolute atomic E-state index is 0.206. The summed E-state index contributed by atoms with van der Waals surface area (Å²) in [5.74, 6) is 1.32. The highest BCUT2D eigenvalue weighted by atomic mass is 32.1. The van der Waals surface area contributed by atoms with Gasteiger partial charge in [-0.1, -0.05) is 6.07 Å². The summed E-state index contributed by atoms with van der Waals surface area (Å²) >= 11 is 1.07. The molecule has 1 aliphatic heterocycles. The summed E-state index contributed by atoms with van der Waals surface area (Å²) in [4.78, 5) is 11.8. The molecule has 37 heavy (non-hydrogen) atoms. The molecule has 2 aliphatic rings. The smallest absolute Gasteiger partial charge is 0.367 e. The third kappa shape index (κ3) is 5.43. The van der Waals surface area contributed by atoms with E-state index in [0.29, 0.717) is 22.0 Å². The van der Waals surface area contributed by atoms with Crippen molar-refractivity contribution in [1.82, 2.24) is 19.4 Å². The molecule has 0 amide bonds. The van der Waals surface area contributed by atoms with Gasteiger partial charge in [0.25, 0.3) is 0 Å². The highest BCUT2D eigenvalue weighted by Gasteiger charge is 2.29. The van der Waals surface area contributed by atoms with Gasteiger partial charge in [-0.25, -0.2) is 9.97 Å². The van der Waals surface area contributed by atoms with Gasteiger partial charge in [-0.3, -0.25) is 4.90 Å². The quantitative estimate of drug-likeness (QED) is 0.316. The maximum absolute atomic E-state index is 12.8. The Kier molecular flexibility index (Phi) is 6.29. The van der Waals surface area contributed by atoms with Gasteiger partial charge in [-0.2, -0.15) is 18.4 Å². The number of piperidine rings is 1. The molecule has 3 aromatic heterocycles. The van der Waals surface area contributed by atoms with Gasteiger partial charge in [-0.05, 0) is 61.4 Å². The fourth-order valence-corrected chi connectivity index (χ4v) is 6.29. The summed E-state index contributed by atoms with van der Waals surface area (Å²) in [7, 11) is 0. The third-order valence-electron chi connectivity index (χ3n) is 7.31. The summed E-state index contributed by atoms with van der Waals surface area (Å²) in [5, 5.41) is 14.8. The number of likely N-dealkylation sites (tertiary alicyclic amines) is 1. The highest BCUT2D eigenvalue weighted by molar-refractivity contribution is 7.18. The summed E-state index contributed by atoms with van der Waals surface area (Å²) in [6.07, 6.45) is 0.578. The molecular formula is C27H27F3N6S. The van der Waals surface area contributed by atoms with Crippen LogP contribution in [0.5, 0.6) is 0 Å². The monoisotopic (exact) mass is 524 g/mol. The number of hydrogen-bond acceptors (Lipinski definition) is 6.